The molecule has 0 aliphatic heterocycles. The van der Waals surface area contributed by atoms with Crippen molar-refractivity contribution in [1.82, 2.24) is 9.55 Å². The number of aromatic carboxylic acids is 2. The number of carbonyl (C=O) groups is 2. The van der Waals surface area contributed by atoms with Crippen LogP contribution in [0.5, 0.6) is 0 Å². The monoisotopic (exact) mass is 532 g/mol. The molecule has 4 aromatic rings. The van der Waals surface area contributed by atoms with Crippen molar-refractivity contribution in [2.45, 2.75) is 38.8 Å². The molecule has 1 aromatic heterocycles. The highest BCUT2D eigenvalue weighted by Crippen LogP contribution is 2.35. The first kappa shape index (κ1) is 27.1. The van der Waals surface area contributed by atoms with E-state index in [1.54, 1.807) is 42.5 Å². The van der Waals surface area contributed by atoms with Gasteiger partial charge in [-0.15, -0.1) is 0 Å². The van der Waals surface area contributed by atoms with Gasteiger partial charge in [0.05, 0.1) is 16.8 Å². The summed E-state index contributed by atoms with van der Waals surface area (Å²) in [5, 5.41) is 19.6. The molecule has 8 heteroatoms. The quantitative estimate of drug-likeness (QED) is 0.222. The summed E-state index contributed by atoms with van der Waals surface area (Å²) in [6.07, 6.45) is 1.87. The van der Waals surface area contributed by atoms with E-state index < -0.39 is 18.0 Å². The zero-order valence-electron chi connectivity index (χ0n) is 21.2. The molecular formula is C30H29ClN2O5. The van der Waals surface area contributed by atoms with Gasteiger partial charge in [-0.3, -0.25) is 0 Å². The molecule has 0 bridgehead atoms. The Balaban J connectivity index is 1.76. The Labute approximate surface area is 226 Å². The van der Waals surface area contributed by atoms with Gasteiger partial charge in [0.1, 0.15) is 11.9 Å². The number of carboxylic acid groups (broad SMARTS) is 2. The highest BCUT2D eigenvalue weighted by molar-refractivity contribution is 6.30. The maximum atomic E-state index is 11.9. The van der Waals surface area contributed by atoms with Crippen LogP contribution in [0.25, 0.3) is 11.1 Å². The SMILES string of the molecule is CCCCc1nc(Cl)c(C(OC)c2ccccc2C(=O)O)n1Cc1ccc(-c2ccccc2C(=O)O)cc1. The first-order valence-electron chi connectivity index (χ1n) is 12.4. The maximum absolute atomic E-state index is 11.9. The third-order valence-electron chi connectivity index (χ3n) is 6.52. The fraction of sp³-hybridized carbons (Fsp3) is 0.233. The Morgan fingerprint density at radius 2 is 1.58 bits per heavy atom. The highest BCUT2D eigenvalue weighted by atomic mass is 35.5. The van der Waals surface area contributed by atoms with E-state index in [1.165, 1.54) is 7.11 Å². The van der Waals surface area contributed by atoms with Gasteiger partial charge in [-0.25, -0.2) is 14.6 Å². The van der Waals surface area contributed by atoms with Gasteiger partial charge in [0.15, 0.2) is 5.15 Å². The predicted molar refractivity (Wildman–Crippen MR) is 146 cm³/mol. The van der Waals surface area contributed by atoms with E-state index in [0.717, 1.165) is 29.8 Å². The fourth-order valence-electron chi connectivity index (χ4n) is 4.63. The molecule has 1 atom stereocenters. The first-order chi connectivity index (χ1) is 18.3. The van der Waals surface area contributed by atoms with E-state index in [0.29, 0.717) is 29.8 Å². The molecule has 0 spiro atoms. The number of hydrogen-bond acceptors (Lipinski definition) is 4. The second-order valence-corrected chi connectivity index (χ2v) is 9.31. The van der Waals surface area contributed by atoms with Crippen LogP contribution in [-0.2, 0) is 17.7 Å². The van der Waals surface area contributed by atoms with Crippen LogP contribution in [0.3, 0.4) is 0 Å². The molecule has 0 radical (unpaired) electrons. The van der Waals surface area contributed by atoms with Crippen LogP contribution in [0.2, 0.25) is 5.15 Å². The van der Waals surface area contributed by atoms with Gasteiger partial charge in [0.25, 0.3) is 0 Å². The molecule has 0 saturated heterocycles. The number of aromatic nitrogens is 2. The Morgan fingerprint density at radius 3 is 2.21 bits per heavy atom. The molecule has 1 heterocycles. The molecule has 0 amide bonds. The third-order valence-corrected chi connectivity index (χ3v) is 6.79. The summed E-state index contributed by atoms with van der Waals surface area (Å²) in [6, 6.07) is 21.3. The Morgan fingerprint density at radius 1 is 0.947 bits per heavy atom. The summed E-state index contributed by atoms with van der Waals surface area (Å²) in [6.45, 7) is 2.54. The summed E-state index contributed by atoms with van der Waals surface area (Å²) in [5.74, 6) is -1.23. The van der Waals surface area contributed by atoms with E-state index in [4.69, 9.17) is 16.3 Å². The van der Waals surface area contributed by atoms with Crippen LogP contribution in [0.4, 0.5) is 0 Å². The largest absolute Gasteiger partial charge is 0.478 e. The normalized spacial score (nSPS) is 11.9. The third kappa shape index (κ3) is 5.64. The summed E-state index contributed by atoms with van der Waals surface area (Å²) in [5.41, 5.74) is 3.86. The Kier molecular flexibility index (Phi) is 8.61. The number of carboxylic acids is 2. The van der Waals surface area contributed by atoms with Gasteiger partial charge in [0.2, 0.25) is 0 Å². The molecule has 196 valence electrons. The number of nitrogens with zero attached hydrogens (tertiary/aromatic N) is 2. The number of rotatable bonds is 11. The average molecular weight is 533 g/mol. The molecule has 38 heavy (non-hydrogen) atoms. The van der Waals surface area contributed by atoms with E-state index >= 15 is 0 Å². The van der Waals surface area contributed by atoms with Gasteiger partial charge in [-0.05, 0) is 35.2 Å². The smallest absolute Gasteiger partial charge is 0.336 e. The summed E-state index contributed by atoms with van der Waals surface area (Å²) >= 11 is 6.69. The van der Waals surface area contributed by atoms with Gasteiger partial charge in [-0.1, -0.05) is 85.6 Å². The maximum Gasteiger partial charge on any atom is 0.336 e. The van der Waals surface area contributed by atoms with Crippen LogP contribution in [0, 0.1) is 0 Å². The minimum Gasteiger partial charge on any atom is -0.478 e. The minimum atomic E-state index is -1.05. The number of halogens is 1. The molecule has 0 aliphatic rings. The van der Waals surface area contributed by atoms with Crippen molar-refractivity contribution in [2.24, 2.45) is 0 Å². The second kappa shape index (κ2) is 12.1. The van der Waals surface area contributed by atoms with E-state index in [2.05, 4.69) is 11.9 Å². The summed E-state index contributed by atoms with van der Waals surface area (Å²) in [7, 11) is 1.53. The van der Waals surface area contributed by atoms with Crippen molar-refractivity contribution < 1.29 is 24.5 Å². The van der Waals surface area contributed by atoms with Gasteiger partial charge >= 0.3 is 11.9 Å². The van der Waals surface area contributed by atoms with Gasteiger partial charge in [-0.2, -0.15) is 0 Å². The molecule has 4 rings (SSSR count). The summed E-state index contributed by atoms with van der Waals surface area (Å²) in [4.78, 5) is 28.3. The van der Waals surface area contributed by atoms with Crippen LogP contribution in [0.15, 0.2) is 72.8 Å². The number of imidazole rings is 1. The van der Waals surface area contributed by atoms with Crippen molar-refractivity contribution in [2.75, 3.05) is 7.11 Å². The minimum absolute atomic E-state index is 0.139. The topological polar surface area (TPSA) is 102 Å². The lowest BCUT2D eigenvalue weighted by atomic mass is 9.98. The molecule has 0 saturated carbocycles. The number of ether oxygens (including phenoxy) is 1. The predicted octanol–water partition coefficient (Wildman–Crippen LogP) is 6.73. The molecule has 2 N–H and O–H groups in total. The van der Waals surface area contributed by atoms with Crippen molar-refractivity contribution >= 4 is 23.5 Å². The molecule has 0 aliphatic carbocycles. The Hall–Kier alpha value is -3.94. The van der Waals surface area contributed by atoms with E-state index in [-0.39, 0.29) is 16.3 Å². The summed E-state index contributed by atoms with van der Waals surface area (Å²) < 4.78 is 7.84. The van der Waals surface area contributed by atoms with Crippen molar-refractivity contribution in [1.29, 1.82) is 0 Å². The van der Waals surface area contributed by atoms with Gasteiger partial charge < -0.3 is 19.5 Å². The zero-order valence-corrected chi connectivity index (χ0v) is 22.0. The van der Waals surface area contributed by atoms with E-state index in [9.17, 15) is 19.8 Å². The molecule has 1 unspecified atom stereocenters. The number of unbranched alkanes of at least 4 members (excludes halogenated alkanes) is 1. The first-order valence-corrected chi connectivity index (χ1v) is 12.7. The molecular weight excluding hydrogens is 504 g/mol. The number of aryl methyl sites for hydroxylation is 1. The number of hydrogen-bond donors (Lipinski definition) is 2. The van der Waals surface area contributed by atoms with Crippen LogP contribution in [-0.4, -0.2) is 38.8 Å². The second-order valence-electron chi connectivity index (χ2n) is 8.95. The lowest BCUT2D eigenvalue weighted by Crippen LogP contribution is -2.17. The standard InChI is InChI=1S/C30H29ClN2O5/c1-3-4-13-25-32-28(31)26(27(38-2)22-10-6-8-12-24(22)30(36)37)33(25)18-19-14-16-20(17-15-19)21-9-5-7-11-23(21)29(34)35/h5-12,14-17,27H,3-4,13,18H2,1-2H3,(H,34,35)(H,36,37). The number of benzene rings is 3. The van der Waals surface area contributed by atoms with E-state index in [1.807, 2.05) is 34.9 Å². The number of methoxy groups -OCH3 is 1. The zero-order chi connectivity index (χ0) is 27.2. The Bertz CT molecular complexity index is 1450. The van der Waals surface area contributed by atoms with Crippen LogP contribution in [0.1, 0.15) is 69.2 Å². The highest BCUT2D eigenvalue weighted by Gasteiger charge is 2.28. The van der Waals surface area contributed by atoms with Crippen LogP contribution < -0.4 is 0 Å². The van der Waals surface area contributed by atoms with Crippen LogP contribution >= 0.6 is 11.6 Å². The van der Waals surface area contributed by atoms with Crippen molar-refractivity contribution in [3.8, 4) is 11.1 Å². The average Bonchev–Trinajstić information content (AvgIpc) is 3.22. The lowest BCUT2D eigenvalue weighted by Gasteiger charge is -2.21. The molecule has 7 nitrogen and oxygen atoms in total. The fourth-order valence-corrected chi connectivity index (χ4v) is 4.93. The molecule has 0 fully saturated rings. The molecule has 3 aromatic carbocycles. The van der Waals surface area contributed by atoms with Crippen molar-refractivity contribution in [3.63, 3.8) is 0 Å². The lowest BCUT2D eigenvalue weighted by molar-refractivity contribution is 0.0680. The van der Waals surface area contributed by atoms with Gasteiger partial charge in [0, 0.05) is 25.6 Å². The van der Waals surface area contributed by atoms with Crippen molar-refractivity contribution in [3.05, 3.63) is 112 Å².